The summed E-state index contributed by atoms with van der Waals surface area (Å²) in [5.74, 6) is 1.06. The summed E-state index contributed by atoms with van der Waals surface area (Å²) in [5, 5.41) is 2.69. The molecule has 0 saturated heterocycles. The Morgan fingerprint density at radius 2 is 1.68 bits per heavy atom. The van der Waals surface area contributed by atoms with Crippen LogP contribution in [0.15, 0.2) is 54.6 Å². The van der Waals surface area contributed by atoms with E-state index in [1.54, 1.807) is 0 Å². The highest BCUT2D eigenvalue weighted by molar-refractivity contribution is 7.85. The van der Waals surface area contributed by atoms with E-state index >= 15 is 0 Å². The Morgan fingerprint density at radius 1 is 1.00 bits per heavy atom. The second-order valence-corrected chi connectivity index (χ2v) is 4.52. The van der Waals surface area contributed by atoms with Crippen molar-refractivity contribution in [2.45, 2.75) is 0 Å². The summed E-state index contributed by atoms with van der Waals surface area (Å²) >= 11 is 4.04. The smallest absolute Gasteiger partial charge is 0.225 e. The number of aryl methyl sites for hydroxylation is 1. The molecule has 3 aromatic rings. The number of rotatable bonds is 1. The van der Waals surface area contributed by atoms with Crippen molar-refractivity contribution in [2.24, 2.45) is 7.05 Å². The third-order valence-corrected chi connectivity index (χ3v) is 3.31. The van der Waals surface area contributed by atoms with Crippen LogP contribution < -0.4 is 4.57 Å². The Bertz CT molecular complexity index is 792. The van der Waals surface area contributed by atoms with E-state index in [2.05, 4.69) is 59.8 Å². The summed E-state index contributed by atoms with van der Waals surface area (Å²) in [6.07, 6.45) is 0. The van der Waals surface area contributed by atoms with Gasteiger partial charge in [0.05, 0.1) is 12.6 Å². The summed E-state index contributed by atoms with van der Waals surface area (Å²) in [7, 11) is 2.06. The predicted molar refractivity (Wildman–Crippen MR) is 80.7 cm³/mol. The fraction of sp³-hybridized carbons (Fsp3) is 0.0625. The number of hydrogen-bond acceptors (Lipinski definition) is 1. The van der Waals surface area contributed by atoms with E-state index in [9.17, 15) is 0 Å². The molecule has 0 fully saturated rings. The lowest BCUT2D eigenvalue weighted by molar-refractivity contribution is -0.633. The molecule has 0 aliphatic rings. The first-order valence-electron chi connectivity index (χ1n) is 6.03. The van der Waals surface area contributed by atoms with Gasteiger partial charge in [-0.2, -0.15) is 0 Å². The number of fused-ring (bicyclic) bond motifs is 1. The summed E-state index contributed by atoms with van der Waals surface area (Å²) in [6, 6.07) is 21.5. The molecule has 1 heterocycles. The van der Waals surface area contributed by atoms with Crippen LogP contribution in [0.25, 0.3) is 22.4 Å². The van der Waals surface area contributed by atoms with Gasteiger partial charge in [-0.1, -0.05) is 43.0 Å². The Balaban J connectivity index is 2.43. The van der Waals surface area contributed by atoms with Crippen LogP contribution in [-0.2, 0) is 7.05 Å². The molecule has 2 aromatic carbocycles. The fourth-order valence-corrected chi connectivity index (χ4v) is 2.49. The van der Waals surface area contributed by atoms with Crippen molar-refractivity contribution in [1.82, 2.24) is 4.57 Å². The summed E-state index contributed by atoms with van der Waals surface area (Å²) < 4.78 is 4.14. The average molecular weight is 265 g/mol. The Morgan fingerprint density at radius 3 is 2.42 bits per heavy atom. The molecular formula is C16H13N2S+. The van der Waals surface area contributed by atoms with Gasteiger partial charge < -0.3 is 0 Å². The Labute approximate surface area is 117 Å². The summed E-state index contributed by atoms with van der Waals surface area (Å²) in [6.45, 7) is 0. The molecule has 1 aromatic heterocycles. The van der Waals surface area contributed by atoms with E-state index < -0.39 is 0 Å². The van der Waals surface area contributed by atoms with Crippen LogP contribution in [0.3, 0.4) is 0 Å². The third kappa shape index (κ3) is 1.91. The number of imidazole rings is 1. The molecule has 0 N–H and O–H groups in total. The van der Waals surface area contributed by atoms with Gasteiger partial charge in [-0.15, -0.1) is 4.57 Å². The highest BCUT2D eigenvalue weighted by Gasteiger charge is 2.22. The third-order valence-electron chi connectivity index (χ3n) is 3.21. The maximum absolute atomic E-state index is 4.04. The van der Waals surface area contributed by atoms with Crippen LogP contribution in [0.4, 0.5) is 0 Å². The molecule has 0 saturated carbocycles. The van der Waals surface area contributed by atoms with Crippen molar-refractivity contribution in [3.05, 3.63) is 54.6 Å². The average Bonchev–Trinajstić information content (AvgIpc) is 2.74. The van der Waals surface area contributed by atoms with Crippen molar-refractivity contribution in [3.8, 4) is 22.7 Å². The molecule has 0 atom stereocenters. The van der Waals surface area contributed by atoms with Crippen LogP contribution in [0.5, 0.6) is 0 Å². The van der Waals surface area contributed by atoms with Crippen LogP contribution in [0.1, 0.15) is 0 Å². The van der Waals surface area contributed by atoms with E-state index in [-0.39, 0.29) is 0 Å². The molecule has 0 aliphatic carbocycles. The molecule has 0 amide bonds. The fourth-order valence-electron chi connectivity index (χ4n) is 2.39. The predicted octanol–water partition coefficient (Wildman–Crippen LogP) is 2.83. The molecule has 3 heteroatoms. The maximum Gasteiger partial charge on any atom is 0.303 e. The first-order chi connectivity index (χ1) is 9.33. The molecule has 0 bridgehead atoms. The standard InChI is InChI=1S/C16H12N2S/c1-17-14-9-5-6-10-15(14)18(11-12-19)16(17)13-7-3-2-4-8-13/h2-10H,1H3/p+1. The highest BCUT2D eigenvalue weighted by Crippen LogP contribution is 2.21. The van der Waals surface area contributed by atoms with Gasteiger partial charge in [0.1, 0.15) is 6.04 Å². The lowest BCUT2D eigenvalue weighted by atomic mass is 10.2. The van der Waals surface area contributed by atoms with Crippen LogP contribution in [-0.4, -0.2) is 4.57 Å². The van der Waals surface area contributed by atoms with E-state index in [1.165, 1.54) is 0 Å². The van der Waals surface area contributed by atoms with Crippen LogP contribution >= 0.6 is 12.6 Å². The van der Waals surface area contributed by atoms with E-state index in [1.807, 2.05) is 34.9 Å². The number of thiol groups is 1. The number of hydrogen-bond donors (Lipinski definition) is 1. The largest absolute Gasteiger partial charge is 0.303 e. The van der Waals surface area contributed by atoms with Gasteiger partial charge in [0.25, 0.3) is 0 Å². The second-order valence-electron chi connectivity index (χ2n) is 4.30. The molecule has 0 spiro atoms. The monoisotopic (exact) mass is 265 g/mol. The number of benzene rings is 2. The topological polar surface area (TPSA) is 8.81 Å². The zero-order chi connectivity index (χ0) is 13.2. The maximum atomic E-state index is 4.04. The van der Waals surface area contributed by atoms with Crippen LogP contribution in [0.2, 0.25) is 0 Å². The van der Waals surface area contributed by atoms with Crippen molar-refractivity contribution in [3.63, 3.8) is 0 Å². The van der Waals surface area contributed by atoms with Gasteiger partial charge in [0, 0.05) is 5.25 Å². The number of para-hydroxylation sites is 2. The Hall–Kier alpha value is -2.18. The molecule has 92 valence electrons. The highest BCUT2D eigenvalue weighted by atomic mass is 32.1. The van der Waals surface area contributed by atoms with Crippen LogP contribution in [0, 0.1) is 11.3 Å². The van der Waals surface area contributed by atoms with Gasteiger partial charge in [0.15, 0.2) is 11.0 Å². The molecule has 3 rings (SSSR count). The molecule has 19 heavy (non-hydrogen) atoms. The lowest BCUT2D eigenvalue weighted by Crippen LogP contribution is -2.29. The summed E-state index contributed by atoms with van der Waals surface area (Å²) in [4.78, 5) is 0. The molecule has 0 aliphatic heterocycles. The van der Waals surface area contributed by atoms with Crippen molar-refractivity contribution >= 4 is 23.7 Å². The van der Waals surface area contributed by atoms with E-state index in [0.29, 0.717) is 0 Å². The van der Waals surface area contributed by atoms with Gasteiger partial charge in [-0.3, -0.25) is 0 Å². The quantitative estimate of drug-likeness (QED) is 0.393. The first-order valence-corrected chi connectivity index (χ1v) is 6.47. The van der Waals surface area contributed by atoms with Gasteiger partial charge >= 0.3 is 5.82 Å². The zero-order valence-corrected chi connectivity index (χ0v) is 11.4. The first kappa shape index (κ1) is 11.9. The van der Waals surface area contributed by atoms with Gasteiger partial charge in [-0.05, 0) is 24.3 Å². The van der Waals surface area contributed by atoms with E-state index in [4.69, 9.17) is 0 Å². The Kier molecular flexibility index (Phi) is 3.02. The minimum absolute atomic E-state index is 1.06. The van der Waals surface area contributed by atoms with Crippen molar-refractivity contribution in [2.75, 3.05) is 0 Å². The molecular weight excluding hydrogens is 252 g/mol. The zero-order valence-electron chi connectivity index (χ0n) is 10.5. The van der Waals surface area contributed by atoms with Crippen molar-refractivity contribution in [1.29, 1.82) is 0 Å². The van der Waals surface area contributed by atoms with Crippen molar-refractivity contribution < 1.29 is 4.57 Å². The number of nitrogens with zero attached hydrogens (tertiary/aromatic N) is 2. The normalized spacial score (nSPS) is 10.2. The SMILES string of the molecule is C[n+]1c(-c2ccccc2)n(C#CS)c2ccccc21. The van der Waals surface area contributed by atoms with Gasteiger partial charge in [0.2, 0.25) is 0 Å². The van der Waals surface area contributed by atoms with E-state index in [0.717, 1.165) is 22.4 Å². The van der Waals surface area contributed by atoms with Gasteiger partial charge in [-0.25, -0.2) is 4.57 Å². The minimum atomic E-state index is 1.06. The molecule has 0 unspecified atom stereocenters. The summed E-state index contributed by atoms with van der Waals surface area (Å²) in [5.41, 5.74) is 3.38. The second kappa shape index (κ2) is 4.83. The minimum Gasteiger partial charge on any atom is -0.225 e. The molecule has 2 nitrogen and oxygen atoms in total. The lowest BCUT2D eigenvalue weighted by Gasteiger charge is -1.96. The molecule has 0 radical (unpaired) electrons. The number of aromatic nitrogens is 2.